The average molecular weight is 435 g/mol. The lowest BCUT2D eigenvalue weighted by Crippen LogP contribution is -2.39. The Bertz CT molecular complexity index is 1290. The Morgan fingerprint density at radius 2 is 1.77 bits per heavy atom. The van der Waals surface area contributed by atoms with E-state index in [2.05, 4.69) is 25.3 Å². The first-order chi connectivity index (χ1) is 15.1. The van der Waals surface area contributed by atoms with Gasteiger partial charge in [-0.25, -0.2) is 17.9 Å². The molecule has 1 aliphatic heterocycles. The number of fused-ring (bicyclic) bond motifs is 1. The van der Waals surface area contributed by atoms with E-state index in [-0.39, 0.29) is 11.5 Å². The van der Waals surface area contributed by atoms with E-state index in [4.69, 9.17) is 0 Å². The zero-order chi connectivity index (χ0) is 21.3. The molecule has 1 aliphatic rings. The molecular formula is C22H22N6O2S. The van der Waals surface area contributed by atoms with Gasteiger partial charge in [-0.3, -0.25) is 9.88 Å². The van der Waals surface area contributed by atoms with Crippen LogP contribution < -0.4 is 5.32 Å². The van der Waals surface area contributed by atoms with E-state index in [9.17, 15) is 8.42 Å². The van der Waals surface area contributed by atoms with E-state index in [0.717, 1.165) is 34.6 Å². The van der Waals surface area contributed by atoms with Crippen molar-refractivity contribution in [2.45, 2.75) is 6.54 Å². The first-order valence-corrected chi connectivity index (χ1v) is 11.9. The zero-order valence-electron chi connectivity index (χ0n) is 16.8. The molecular weight excluding hydrogens is 412 g/mol. The van der Waals surface area contributed by atoms with Gasteiger partial charge in [-0.1, -0.05) is 12.1 Å². The lowest BCUT2D eigenvalue weighted by atomic mass is 10.2. The van der Waals surface area contributed by atoms with Crippen LogP contribution in [0.2, 0.25) is 0 Å². The smallest absolute Gasteiger partial charge is 0.245 e. The lowest BCUT2D eigenvalue weighted by Gasteiger charge is -2.26. The number of nitrogens with one attached hydrogen (secondary N) is 1. The highest BCUT2D eigenvalue weighted by atomic mass is 32.2. The minimum Gasteiger partial charge on any atom is -0.323 e. The van der Waals surface area contributed by atoms with Gasteiger partial charge in [-0.15, -0.1) is 5.10 Å². The number of hydrogen-bond donors (Lipinski definition) is 1. The van der Waals surface area contributed by atoms with Gasteiger partial charge >= 0.3 is 0 Å². The van der Waals surface area contributed by atoms with Gasteiger partial charge in [0.1, 0.15) is 0 Å². The molecule has 0 saturated carbocycles. The average Bonchev–Trinajstić information content (AvgIpc) is 3.20. The SMILES string of the molecule is O=S1(=O)CCN(Cc2ccc(Nc3ncc4ccc(-c5cccnc5)n4n3)cc2)CC1. The van der Waals surface area contributed by atoms with Gasteiger partial charge in [0, 0.05) is 43.3 Å². The predicted octanol–water partition coefficient (Wildman–Crippen LogP) is 2.77. The van der Waals surface area contributed by atoms with Crippen LogP contribution in [-0.4, -0.2) is 57.5 Å². The van der Waals surface area contributed by atoms with Crippen molar-refractivity contribution < 1.29 is 8.42 Å². The van der Waals surface area contributed by atoms with Crippen LogP contribution in [0.3, 0.4) is 0 Å². The Balaban J connectivity index is 1.30. The molecule has 4 heterocycles. The maximum Gasteiger partial charge on any atom is 0.245 e. The number of benzene rings is 1. The molecule has 0 radical (unpaired) electrons. The Morgan fingerprint density at radius 1 is 0.968 bits per heavy atom. The molecule has 9 heteroatoms. The van der Waals surface area contributed by atoms with Crippen molar-refractivity contribution in [1.82, 2.24) is 24.5 Å². The Labute approximate surface area is 180 Å². The van der Waals surface area contributed by atoms with Gasteiger partial charge in [0.25, 0.3) is 0 Å². The second kappa shape index (κ2) is 8.09. The lowest BCUT2D eigenvalue weighted by molar-refractivity contribution is 0.287. The van der Waals surface area contributed by atoms with E-state index in [1.54, 1.807) is 12.4 Å². The van der Waals surface area contributed by atoms with E-state index < -0.39 is 9.84 Å². The third kappa shape index (κ3) is 4.42. The molecule has 8 nitrogen and oxygen atoms in total. The molecule has 0 unspecified atom stereocenters. The van der Waals surface area contributed by atoms with Crippen LogP contribution in [-0.2, 0) is 16.4 Å². The third-order valence-electron chi connectivity index (χ3n) is 5.41. The quantitative estimate of drug-likeness (QED) is 0.516. The number of sulfone groups is 1. The van der Waals surface area contributed by atoms with Crippen LogP contribution in [0.1, 0.15) is 5.56 Å². The number of pyridine rings is 1. The van der Waals surface area contributed by atoms with Crippen molar-refractivity contribution in [3.05, 3.63) is 72.7 Å². The summed E-state index contributed by atoms with van der Waals surface area (Å²) in [6, 6.07) is 15.9. The number of hydrogen-bond acceptors (Lipinski definition) is 7. The second-order valence-corrected chi connectivity index (χ2v) is 9.93. The molecule has 0 aliphatic carbocycles. The van der Waals surface area contributed by atoms with Crippen molar-refractivity contribution >= 4 is 27.0 Å². The second-order valence-electron chi connectivity index (χ2n) is 7.63. The van der Waals surface area contributed by atoms with Crippen LogP contribution in [0.15, 0.2) is 67.1 Å². The normalized spacial score (nSPS) is 16.4. The van der Waals surface area contributed by atoms with Crippen molar-refractivity contribution in [1.29, 1.82) is 0 Å². The molecule has 31 heavy (non-hydrogen) atoms. The van der Waals surface area contributed by atoms with E-state index in [1.165, 1.54) is 0 Å². The summed E-state index contributed by atoms with van der Waals surface area (Å²) in [5.41, 5.74) is 4.88. The molecule has 5 rings (SSSR count). The van der Waals surface area contributed by atoms with E-state index >= 15 is 0 Å². The standard InChI is InChI=1S/C22H22N6O2S/c29-31(30)12-10-27(11-13-31)16-17-3-5-19(6-4-17)25-22-24-15-20-7-8-21(28(20)26-22)18-2-1-9-23-14-18/h1-9,14-15H,10-13,16H2,(H,25,26). The van der Waals surface area contributed by atoms with Gasteiger partial charge in [-0.2, -0.15) is 0 Å². The van der Waals surface area contributed by atoms with Gasteiger partial charge in [0.2, 0.25) is 5.95 Å². The predicted molar refractivity (Wildman–Crippen MR) is 120 cm³/mol. The fourth-order valence-corrected chi connectivity index (χ4v) is 4.96. The minimum atomic E-state index is -2.85. The summed E-state index contributed by atoms with van der Waals surface area (Å²) < 4.78 is 25.0. The summed E-state index contributed by atoms with van der Waals surface area (Å²) in [4.78, 5) is 10.8. The van der Waals surface area contributed by atoms with Crippen LogP contribution in [0, 0.1) is 0 Å². The van der Waals surface area contributed by atoms with Gasteiger partial charge in [0.05, 0.1) is 28.9 Å². The molecule has 0 atom stereocenters. The van der Waals surface area contributed by atoms with Crippen molar-refractivity contribution in [2.75, 3.05) is 29.9 Å². The highest BCUT2D eigenvalue weighted by Gasteiger charge is 2.21. The molecule has 1 fully saturated rings. The Hall–Kier alpha value is -3.30. The van der Waals surface area contributed by atoms with Crippen LogP contribution in [0.4, 0.5) is 11.6 Å². The number of aromatic nitrogens is 4. The number of rotatable bonds is 5. The van der Waals surface area contributed by atoms with Gasteiger partial charge in [0.15, 0.2) is 9.84 Å². The summed E-state index contributed by atoms with van der Waals surface area (Å²) in [6.45, 7) is 1.93. The molecule has 3 aromatic heterocycles. The molecule has 158 valence electrons. The Morgan fingerprint density at radius 3 is 2.52 bits per heavy atom. The van der Waals surface area contributed by atoms with Crippen molar-refractivity contribution in [3.63, 3.8) is 0 Å². The molecule has 0 amide bonds. The first kappa shape index (κ1) is 19.7. The zero-order valence-corrected chi connectivity index (χ0v) is 17.7. The van der Waals surface area contributed by atoms with Gasteiger partial charge in [-0.05, 0) is 42.0 Å². The monoisotopic (exact) mass is 434 g/mol. The van der Waals surface area contributed by atoms with E-state index in [1.807, 2.05) is 59.2 Å². The molecule has 1 N–H and O–H groups in total. The third-order valence-corrected chi connectivity index (χ3v) is 7.02. The minimum absolute atomic E-state index is 0.243. The van der Waals surface area contributed by atoms with Crippen molar-refractivity contribution in [2.24, 2.45) is 0 Å². The summed E-state index contributed by atoms with van der Waals surface area (Å²) in [7, 11) is -2.85. The maximum atomic E-state index is 11.6. The van der Waals surface area contributed by atoms with Crippen molar-refractivity contribution in [3.8, 4) is 11.3 Å². The molecule has 0 bridgehead atoms. The fourth-order valence-electron chi connectivity index (χ4n) is 3.68. The highest BCUT2D eigenvalue weighted by Crippen LogP contribution is 2.22. The molecule has 0 spiro atoms. The highest BCUT2D eigenvalue weighted by molar-refractivity contribution is 7.91. The van der Waals surface area contributed by atoms with Crippen LogP contribution >= 0.6 is 0 Å². The molecule has 1 aromatic carbocycles. The molecule has 4 aromatic rings. The molecule has 1 saturated heterocycles. The summed E-state index contributed by atoms with van der Waals surface area (Å²) in [6.07, 6.45) is 5.35. The van der Waals surface area contributed by atoms with Crippen LogP contribution in [0.25, 0.3) is 16.8 Å². The largest absolute Gasteiger partial charge is 0.323 e. The van der Waals surface area contributed by atoms with Gasteiger partial charge < -0.3 is 5.32 Å². The summed E-state index contributed by atoms with van der Waals surface area (Å²) in [5.74, 6) is 0.988. The number of nitrogens with zero attached hydrogens (tertiary/aromatic N) is 5. The topological polar surface area (TPSA) is 92.5 Å². The van der Waals surface area contributed by atoms with E-state index in [0.29, 0.717) is 19.0 Å². The van der Waals surface area contributed by atoms with Crippen LogP contribution in [0.5, 0.6) is 0 Å². The fraction of sp³-hybridized carbons (Fsp3) is 0.227. The summed E-state index contributed by atoms with van der Waals surface area (Å²) >= 11 is 0. The Kier molecular flexibility index (Phi) is 5.13. The summed E-state index contributed by atoms with van der Waals surface area (Å²) in [5, 5.41) is 7.89. The first-order valence-electron chi connectivity index (χ1n) is 10.1. The number of anilines is 2. The maximum absolute atomic E-state index is 11.6.